The van der Waals surface area contributed by atoms with Gasteiger partial charge in [-0.2, -0.15) is 0 Å². The van der Waals surface area contributed by atoms with Crippen LogP contribution in [0.3, 0.4) is 0 Å². The molecule has 0 atom stereocenters. The van der Waals surface area contributed by atoms with Crippen molar-refractivity contribution in [2.45, 2.75) is 32.9 Å². The number of oxazole rings is 1. The molecule has 0 amide bonds. The van der Waals surface area contributed by atoms with E-state index in [1.807, 2.05) is 0 Å². The average Bonchev–Trinajstić information content (AvgIpc) is 2.77. The second kappa shape index (κ2) is 5.43. The zero-order valence-corrected chi connectivity index (χ0v) is 12.7. The van der Waals surface area contributed by atoms with Gasteiger partial charge in [-0.05, 0) is 39.0 Å². The molecule has 0 aliphatic rings. The molecule has 1 aromatic heterocycles. The second-order valence-corrected chi connectivity index (χ2v) is 6.26. The fourth-order valence-electron chi connectivity index (χ4n) is 1.54. The van der Waals surface area contributed by atoms with E-state index in [9.17, 15) is 4.39 Å². The van der Waals surface area contributed by atoms with Crippen molar-refractivity contribution in [3.63, 3.8) is 0 Å². The summed E-state index contributed by atoms with van der Waals surface area (Å²) in [6.45, 7) is 6.69. The third-order valence-corrected chi connectivity index (χ3v) is 3.01. The molecule has 1 aromatic carbocycles. The summed E-state index contributed by atoms with van der Waals surface area (Å²) in [7, 11) is 0. The number of benzene rings is 1. The lowest BCUT2D eigenvalue weighted by molar-refractivity contribution is 0.383. The van der Waals surface area contributed by atoms with Gasteiger partial charge in [-0.15, -0.1) is 0 Å². The Morgan fingerprint density at radius 3 is 2.79 bits per heavy atom. The molecule has 0 saturated heterocycles. The van der Waals surface area contributed by atoms with Gasteiger partial charge in [0.2, 0.25) is 5.89 Å². The third kappa shape index (κ3) is 3.88. The van der Waals surface area contributed by atoms with Crippen molar-refractivity contribution in [3.05, 3.63) is 40.6 Å². The highest BCUT2D eigenvalue weighted by Crippen LogP contribution is 2.26. The predicted octanol–water partition coefficient (Wildman–Crippen LogP) is 4.13. The van der Waals surface area contributed by atoms with Crippen molar-refractivity contribution in [1.82, 2.24) is 10.3 Å². The molecule has 1 heterocycles. The van der Waals surface area contributed by atoms with Crippen LogP contribution in [0.4, 0.5) is 4.39 Å². The lowest BCUT2D eigenvalue weighted by Crippen LogP contribution is -2.35. The zero-order valence-electron chi connectivity index (χ0n) is 11.1. The molecule has 2 aromatic rings. The summed E-state index contributed by atoms with van der Waals surface area (Å²) in [6, 6.07) is 4.73. The van der Waals surface area contributed by atoms with Gasteiger partial charge < -0.3 is 9.73 Å². The van der Waals surface area contributed by atoms with Crippen LogP contribution in [0, 0.1) is 5.82 Å². The summed E-state index contributed by atoms with van der Waals surface area (Å²) in [5, 5.41) is 3.27. The van der Waals surface area contributed by atoms with E-state index in [0.717, 1.165) is 4.47 Å². The molecule has 5 heteroatoms. The minimum Gasteiger partial charge on any atom is -0.439 e. The van der Waals surface area contributed by atoms with Crippen molar-refractivity contribution in [1.29, 1.82) is 0 Å². The highest BCUT2D eigenvalue weighted by Gasteiger charge is 2.14. The topological polar surface area (TPSA) is 38.1 Å². The molecule has 3 nitrogen and oxygen atoms in total. The first-order valence-electron chi connectivity index (χ1n) is 6.00. The Morgan fingerprint density at radius 1 is 1.37 bits per heavy atom. The van der Waals surface area contributed by atoms with Gasteiger partial charge >= 0.3 is 0 Å². The number of rotatable bonds is 3. The molecule has 1 N–H and O–H groups in total. The Kier molecular flexibility index (Phi) is 4.06. The summed E-state index contributed by atoms with van der Waals surface area (Å²) >= 11 is 3.32. The van der Waals surface area contributed by atoms with Crippen molar-refractivity contribution in [3.8, 4) is 11.3 Å². The Hall–Kier alpha value is -1.20. The molecule has 19 heavy (non-hydrogen) atoms. The molecule has 0 aliphatic carbocycles. The molecule has 0 spiro atoms. The maximum absolute atomic E-state index is 13.7. The van der Waals surface area contributed by atoms with E-state index in [-0.39, 0.29) is 11.4 Å². The van der Waals surface area contributed by atoms with Crippen molar-refractivity contribution >= 4 is 15.9 Å². The predicted molar refractivity (Wildman–Crippen MR) is 76.2 cm³/mol. The Labute approximate surface area is 120 Å². The molecule has 2 rings (SSSR count). The largest absolute Gasteiger partial charge is 0.439 e. The van der Waals surface area contributed by atoms with E-state index < -0.39 is 0 Å². The van der Waals surface area contributed by atoms with Gasteiger partial charge in [0.25, 0.3) is 0 Å². The first kappa shape index (κ1) is 14.2. The van der Waals surface area contributed by atoms with E-state index in [1.54, 1.807) is 18.3 Å². The lowest BCUT2D eigenvalue weighted by Gasteiger charge is -2.18. The van der Waals surface area contributed by atoms with Gasteiger partial charge in [0.05, 0.1) is 18.3 Å². The van der Waals surface area contributed by atoms with E-state index in [2.05, 4.69) is 47.0 Å². The zero-order chi connectivity index (χ0) is 14.0. The van der Waals surface area contributed by atoms with Gasteiger partial charge in [0.15, 0.2) is 5.76 Å². The van der Waals surface area contributed by atoms with E-state index in [1.165, 1.54) is 6.07 Å². The van der Waals surface area contributed by atoms with Crippen molar-refractivity contribution in [2.75, 3.05) is 0 Å². The summed E-state index contributed by atoms with van der Waals surface area (Å²) in [5.74, 6) is 0.656. The normalized spacial score (nSPS) is 11.8. The van der Waals surface area contributed by atoms with E-state index in [0.29, 0.717) is 23.8 Å². The van der Waals surface area contributed by atoms with Crippen LogP contribution in [-0.2, 0) is 6.54 Å². The number of nitrogens with zero attached hydrogens (tertiary/aromatic N) is 1. The summed E-state index contributed by atoms with van der Waals surface area (Å²) < 4.78 is 20.1. The first-order valence-corrected chi connectivity index (χ1v) is 6.79. The van der Waals surface area contributed by atoms with Crippen LogP contribution in [0.1, 0.15) is 26.7 Å². The van der Waals surface area contributed by atoms with E-state index in [4.69, 9.17) is 4.42 Å². The highest BCUT2D eigenvalue weighted by atomic mass is 79.9. The summed E-state index contributed by atoms with van der Waals surface area (Å²) in [5.41, 5.74) is 0.388. The molecule has 0 fully saturated rings. The first-order chi connectivity index (χ1) is 8.85. The van der Waals surface area contributed by atoms with Crippen LogP contribution in [0.5, 0.6) is 0 Å². The molecular weight excluding hydrogens is 311 g/mol. The summed E-state index contributed by atoms with van der Waals surface area (Å²) in [6.07, 6.45) is 1.55. The van der Waals surface area contributed by atoms with Gasteiger partial charge in [-0.1, -0.05) is 15.9 Å². The fraction of sp³-hybridized carbons (Fsp3) is 0.357. The minimum atomic E-state index is -0.324. The number of hydrogen-bond acceptors (Lipinski definition) is 3. The van der Waals surface area contributed by atoms with Crippen LogP contribution in [-0.4, -0.2) is 10.5 Å². The Balaban J connectivity index is 2.19. The van der Waals surface area contributed by atoms with Crippen molar-refractivity contribution in [2.24, 2.45) is 0 Å². The van der Waals surface area contributed by atoms with E-state index >= 15 is 0 Å². The molecular formula is C14H16BrFN2O. The number of aromatic nitrogens is 1. The second-order valence-electron chi connectivity index (χ2n) is 5.35. The quantitative estimate of drug-likeness (QED) is 0.921. The minimum absolute atomic E-state index is 0.0182. The lowest BCUT2D eigenvalue weighted by atomic mass is 10.1. The molecule has 102 valence electrons. The molecule has 0 unspecified atom stereocenters. The van der Waals surface area contributed by atoms with Gasteiger partial charge in [0.1, 0.15) is 5.82 Å². The van der Waals surface area contributed by atoms with Crippen molar-refractivity contribution < 1.29 is 8.81 Å². The smallest absolute Gasteiger partial charge is 0.208 e. The summed E-state index contributed by atoms with van der Waals surface area (Å²) in [4.78, 5) is 4.16. The van der Waals surface area contributed by atoms with Gasteiger partial charge in [-0.3, -0.25) is 0 Å². The fourth-order valence-corrected chi connectivity index (χ4v) is 1.90. The van der Waals surface area contributed by atoms with Crippen LogP contribution in [0.25, 0.3) is 11.3 Å². The van der Waals surface area contributed by atoms with Crippen LogP contribution in [0.15, 0.2) is 33.3 Å². The molecule has 0 aliphatic heterocycles. The van der Waals surface area contributed by atoms with Crippen LogP contribution in [0.2, 0.25) is 0 Å². The Morgan fingerprint density at radius 2 is 2.11 bits per heavy atom. The third-order valence-electron chi connectivity index (χ3n) is 2.52. The molecule has 0 saturated carbocycles. The maximum Gasteiger partial charge on any atom is 0.208 e. The monoisotopic (exact) mass is 326 g/mol. The number of nitrogens with one attached hydrogen (secondary N) is 1. The molecule has 0 bridgehead atoms. The maximum atomic E-state index is 13.7. The Bertz CT molecular complexity index is 575. The van der Waals surface area contributed by atoms with Crippen LogP contribution < -0.4 is 5.32 Å². The standard InChI is InChI=1S/C14H16BrFN2O/c1-14(2,3)18-8-13-17-7-12(19-13)10-6-9(15)4-5-11(10)16/h4-7,18H,8H2,1-3H3. The van der Waals surface area contributed by atoms with Crippen LogP contribution >= 0.6 is 15.9 Å². The molecule has 0 radical (unpaired) electrons. The van der Waals surface area contributed by atoms with Gasteiger partial charge in [0, 0.05) is 10.0 Å². The SMILES string of the molecule is CC(C)(C)NCc1ncc(-c2cc(Br)ccc2F)o1. The highest BCUT2D eigenvalue weighted by molar-refractivity contribution is 9.10. The van der Waals surface area contributed by atoms with Gasteiger partial charge in [-0.25, -0.2) is 9.37 Å². The number of halogens is 2. The number of hydrogen-bond donors (Lipinski definition) is 1. The average molecular weight is 327 g/mol.